The average molecular weight is 443 g/mol. The fourth-order valence-corrected chi connectivity index (χ4v) is 3.20. The maximum atomic E-state index is 13.1. The summed E-state index contributed by atoms with van der Waals surface area (Å²) in [6.07, 6.45) is 1.25. The fraction of sp³-hybridized carbons (Fsp3) is 0.150. The molecule has 0 spiro atoms. The summed E-state index contributed by atoms with van der Waals surface area (Å²) in [7, 11) is 1.58. The molecular weight excluding hydrogens is 427 g/mol. The van der Waals surface area contributed by atoms with Crippen LogP contribution < -0.4 is 15.6 Å². The molecule has 0 aliphatic heterocycles. The zero-order chi connectivity index (χ0) is 22.0. The van der Waals surface area contributed by atoms with E-state index in [0.29, 0.717) is 17.9 Å². The van der Waals surface area contributed by atoms with Crippen molar-refractivity contribution in [2.24, 2.45) is 0 Å². The summed E-state index contributed by atoms with van der Waals surface area (Å²) in [6.45, 7) is 0.0198. The van der Waals surface area contributed by atoms with E-state index in [0.717, 1.165) is 16.2 Å². The Balaban J connectivity index is 1.54. The smallest absolute Gasteiger partial charge is 0.283 e. The number of halogens is 2. The predicted octanol–water partition coefficient (Wildman–Crippen LogP) is 2.48. The summed E-state index contributed by atoms with van der Waals surface area (Å²) in [5.74, 6) is -0.351. The van der Waals surface area contributed by atoms with E-state index >= 15 is 0 Å². The van der Waals surface area contributed by atoms with Crippen molar-refractivity contribution >= 4 is 34.4 Å². The number of hydrogen-bond donors (Lipinski definition) is 1. The van der Waals surface area contributed by atoms with Crippen LogP contribution in [0.3, 0.4) is 0 Å². The first kappa shape index (κ1) is 20.5. The Kier molecular flexibility index (Phi) is 5.63. The van der Waals surface area contributed by atoms with E-state index in [9.17, 15) is 14.0 Å². The number of benzene rings is 2. The van der Waals surface area contributed by atoms with Crippen LogP contribution in [0.25, 0.3) is 11.2 Å². The van der Waals surface area contributed by atoms with Gasteiger partial charge in [-0.15, -0.1) is 5.10 Å². The van der Waals surface area contributed by atoms with Crippen molar-refractivity contribution in [3.05, 3.63) is 75.5 Å². The van der Waals surface area contributed by atoms with Crippen LogP contribution in [-0.4, -0.2) is 37.6 Å². The van der Waals surface area contributed by atoms with Crippen molar-refractivity contribution in [1.29, 1.82) is 0 Å². The third kappa shape index (κ3) is 4.38. The number of rotatable bonds is 6. The van der Waals surface area contributed by atoms with E-state index in [1.54, 1.807) is 7.11 Å². The molecule has 0 bridgehead atoms. The number of aromatic nitrogens is 5. The first-order valence-corrected chi connectivity index (χ1v) is 9.49. The van der Waals surface area contributed by atoms with Gasteiger partial charge in [-0.05, 0) is 35.9 Å². The minimum Gasteiger partial charge on any atom is -0.497 e. The van der Waals surface area contributed by atoms with Crippen molar-refractivity contribution < 1.29 is 13.9 Å². The standard InChI is InChI=1S/C20H16ClFN6O3/c1-31-14-4-2-3-12(7-14)9-28-19-18(25-26-28)20(30)27(11-23-19)10-17(29)24-16-6-5-13(22)8-15(16)21/h2-8,11H,9-10H2,1H3,(H,24,29). The Bertz CT molecular complexity index is 1340. The van der Waals surface area contributed by atoms with Crippen molar-refractivity contribution in [2.45, 2.75) is 13.1 Å². The number of nitrogens with zero attached hydrogens (tertiary/aromatic N) is 5. The molecule has 2 aromatic heterocycles. The van der Waals surface area contributed by atoms with Gasteiger partial charge in [0, 0.05) is 0 Å². The third-order valence-corrected chi connectivity index (χ3v) is 4.79. The molecule has 158 valence electrons. The number of nitrogens with one attached hydrogen (secondary N) is 1. The van der Waals surface area contributed by atoms with Crippen molar-refractivity contribution in [2.75, 3.05) is 12.4 Å². The van der Waals surface area contributed by atoms with E-state index in [4.69, 9.17) is 16.3 Å². The Labute approximate surface area is 180 Å². The van der Waals surface area contributed by atoms with Crippen molar-refractivity contribution in [3.8, 4) is 5.75 Å². The number of fused-ring (bicyclic) bond motifs is 1. The number of methoxy groups -OCH3 is 1. The van der Waals surface area contributed by atoms with Gasteiger partial charge in [0.1, 0.15) is 24.4 Å². The lowest BCUT2D eigenvalue weighted by Crippen LogP contribution is -2.28. The second-order valence-corrected chi connectivity index (χ2v) is 7.03. The zero-order valence-corrected chi connectivity index (χ0v) is 17.0. The first-order chi connectivity index (χ1) is 14.9. The molecular formula is C20H16ClFN6O3. The zero-order valence-electron chi connectivity index (χ0n) is 16.2. The number of ether oxygens (including phenoxy) is 1. The summed E-state index contributed by atoms with van der Waals surface area (Å²) in [4.78, 5) is 29.3. The topological polar surface area (TPSA) is 104 Å². The van der Waals surface area contributed by atoms with Crippen LogP contribution in [0.1, 0.15) is 5.56 Å². The summed E-state index contributed by atoms with van der Waals surface area (Å²) >= 11 is 5.91. The molecule has 0 aliphatic carbocycles. The maximum Gasteiger partial charge on any atom is 0.283 e. The summed E-state index contributed by atoms with van der Waals surface area (Å²) in [5.41, 5.74) is 0.957. The number of carbonyl (C=O) groups is 1. The van der Waals surface area contributed by atoms with Gasteiger partial charge in [0.2, 0.25) is 5.91 Å². The number of carbonyl (C=O) groups excluding carboxylic acids is 1. The second kappa shape index (κ2) is 8.52. The van der Waals surface area contributed by atoms with Gasteiger partial charge in [0.15, 0.2) is 11.2 Å². The van der Waals surface area contributed by atoms with Crippen LogP contribution in [0.15, 0.2) is 53.6 Å². The lowest BCUT2D eigenvalue weighted by Gasteiger charge is -2.09. The molecule has 11 heteroatoms. The minimum atomic E-state index is -0.527. The van der Waals surface area contributed by atoms with Crippen molar-refractivity contribution in [3.63, 3.8) is 0 Å². The molecule has 4 aromatic rings. The molecule has 0 atom stereocenters. The van der Waals surface area contributed by atoms with Gasteiger partial charge in [-0.1, -0.05) is 28.9 Å². The van der Waals surface area contributed by atoms with Gasteiger partial charge >= 0.3 is 0 Å². The molecule has 1 amide bonds. The van der Waals surface area contributed by atoms with Crippen LogP contribution in [0, 0.1) is 5.82 Å². The first-order valence-electron chi connectivity index (χ1n) is 9.11. The molecule has 0 aliphatic rings. The van der Waals surface area contributed by atoms with Crippen molar-refractivity contribution in [1.82, 2.24) is 24.5 Å². The van der Waals surface area contributed by atoms with E-state index < -0.39 is 17.3 Å². The molecule has 2 aromatic carbocycles. The van der Waals surface area contributed by atoms with Crippen LogP contribution in [0.5, 0.6) is 5.75 Å². The number of anilines is 1. The quantitative estimate of drug-likeness (QED) is 0.492. The van der Waals surface area contributed by atoms with Crippen LogP contribution >= 0.6 is 11.6 Å². The Morgan fingerprint density at radius 3 is 2.87 bits per heavy atom. The SMILES string of the molecule is COc1cccc(Cn2nnc3c(=O)n(CC(=O)Nc4ccc(F)cc4Cl)cnc32)c1. The monoisotopic (exact) mass is 442 g/mol. The third-order valence-electron chi connectivity index (χ3n) is 4.48. The average Bonchev–Trinajstić information content (AvgIpc) is 3.16. The Hall–Kier alpha value is -3.79. The van der Waals surface area contributed by atoms with Crippen LogP contribution in [0.4, 0.5) is 10.1 Å². The van der Waals surface area contributed by atoms with Gasteiger partial charge < -0.3 is 10.1 Å². The van der Waals surface area contributed by atoms with Gasteiger partial charge in [-0.2, -0.15) is 0 Å². The molecule has 0 radical (unpaired) electrons. The second-order valence-electron chi connectivity index (χ2n) is 6.62. The summed E-state index contributed by atoms with van der Waals surface area (Å²) in [5, 5.41) is 10.5. The minimum absolute atomic E-state index is 0.0398. The molecule has 0 fully saturated rings. The molecule has 2 heterocycles. The van der Waals surface area contributed by atoms with Gasteiger partial charge in [0.05, 0.1) is 24.4 Å². The summed E-state index contributed by atoms with van der Waals surface area (Å²) in [6, 6.07) is 11.0. The van der Waals surface area contributed by atoms with Gasteiger partial charge in [-0.3, -0.25) is 14.2 Å². The van der Waals surface area contributed by atoms with E-state index in [1.165, 1.54) is 23.1 Å². The maximum absolute atomic E-state index is 13.1. The molecule has 31 heavy (non-hydrogen) atoms. The van der Waals surface area contributed by atoms with E-state index in [1.807, 2.05) is 24.3 Å². The molecule has 1 N–H and O–H groups in total. The van der Waals surface area contributed by atoms with Crippen LogP contribution in [-0.2, 0) is 17.9 Å². The number of amides is 1. The lowest BCUT2D eigenvalue weighted by molar-refractivity contribution is -0.116. The predicted molar refractivity (Wildman–Crippen MR) is 112 cm³/mol. The van der Waals surface area contributed by atoms with E-state index in [2.05, 4.69) is 20.6 Å². The molecule has 0 saturated carbocycles. The largest absolute Gasteiger partial charge is 0.497 e. The summed E-state index contributed by atoms with van der Waals surface area (Å²) < 4.78 is 21.0. The van der Waals surface area contributed by atoms with Gasteiger partial charge in [-0.25, -0.2) is 14.1 Å². The molecule has 9 nitrogen and oxygen atoms in total. The number of hydrogen-bond acceptors (Lipinski definition) is 6. The van der Waals surface area contributed by atoms with Crippen LogP contribution in [0.2, 0.25) is 5.02 Å². The normalized spacial score (nSPS) is 10.9. The van der Waals surface area contributed by atoms with E-state index in [-0.39, 0.29) is 22.8 Å². The molecule has 4 rings (SSSR count). The Morgan fingerprint density at radius 1 is 1.26 bits per heavy atom. The highest BCUT2D eigenvalue weighted by Crippen LogP contribution is 2.22. The highest BCUT2D eigenvalue weighted by Gasteiger charge is 2.15. The molecule has 0 saturated heterocycles. The lowest BCUT2D eigenvalue weighted by atomic mass is 10.2. The highest BCUT2D eigenvalue weighted by molar-refractivity contribution is 6.33. The Morgan fingerprint density at radius 2 is 2.10 bits per heavy atom. The van der Waals surface area contributed by atoms with Gasteiger partial charge in [0.25, 0.3) is 5.56 Å². The molecule has 0 unspecified atom stereocenters. The highest BCUT2D eigenvalue weighted by atomic mass is 35.5. The fourth-order valence-electron chi connectivity index (χ4n) is 2.99.